The molecule has 3 nitrogen and oxygen atoms in total. The van der Waals surface area contributed by atoms with Gasteiger partial charge in [-0.1, -0.05) is 60.7 Å². The summed E-state index contributed by atoms with van der Waals surface area (Å²) in [5.41, 5.74) is 2.91. The summed E-state index contributed by atoms with van der Waals surface area (Å²) >= 11 is 0. The van der Waals surface area contributed by atoms with Crippen molar-refractivity contribution in [2.24, 2.45) is 0 Å². The maximum absolute atomic E-state index is 11.7. The monoisotopic (exact) mass is 340 g/mol. The minimum atomic E-state index is 0.594. The molecule has 0 heterocycles. The predicted molar refractivity (Wildman–Crippen MR) is 104 cm³/mol. The highest BCUT2D eigenvalue weighted by molar-refractivity contribution is 6.15. The van der Waals surface area contributed by atoms with Crippen LogP contribution in [0.15, 0.2) is 66.7 Å². The first-order valence-electron chi connectivity index (χ1n) is 8.30. The second kappa shape index (κ2) is 6.45. The van der Waals surface area contributed by atoms with Crippen LogP contribution in [0.1, 0.15) is 20.7 Å². The Labute approximate surface area is 150 Å². The average Bonchev–Trinajstić information content (AvgIpc) is 2.71. The van der Waals surface area contributed by atoms with Crippen LogP contribution in [0, 0.1) is 0 Å². The zero-order valence-corrected chi connectivity index (χ0v) is 14.2. The molecule has 0 saturated heterocycles. The third-order valence-corrected chi connectivity index (χ3v) is 4.72. The van der Waals surface area contributed by atoms with E-state index in [-0.39, 0.29) is 0 Å². The summed E-state index contributed by atoms with van der Waals surface area (Å²) in [6.07, 6.45) is 1.72. The second-order valence-electron chi connectivity index (χ2n) is 6.07. The summed E-state index contributed by atoms with van der Waals surface area (Å²) in [7, 11) is 1.61. The number of methoxy groups -OCH3 is 1. The van der Waals surface area contributed by atoms with Crippen LogP contribution in [0.3, 0.4) is 0 Å². The standard InChI is InChI=1S/C23H16O3/c1-26-20-12-11-16-6-3-9-18(14-25)22(16)23(20)19-10-4-7-15-5-2-8-17(13-24)21(15)19/h2-14H,1H3. The van der Waals surface area contributed by atoms with Crippen LogP contribution < -0.4 is 4.74 Å². The van der Waals surface area contributed by atoms with E-state index in [0.29, 0.717) is 16.9 Å². The van der Waals surface area contributed by atoms with Gasteiger partial charge in [0.05, 0.1) is 7.11 Å². The molecule has 0 fully saturated rings. The van der Waals surface area contributed by atoms with Crippen molar-refractivity contribution >= 4 is 34.1 Å². The fraction of sp³-hybridized carbons (Fsp3) is 0.0435. The lowest BCUT2D eigenvalue weighted by molar-refractivity contribution is 0.111. The molecular formula is C23H16O3. The van der Waals surface area contributed by atoms with Crippen LogP contribution in [0.25, 0.3) is 32.7 Å². The molecule has 126 valence electrons. The van der Waals surface area contributed by atoms with Crippen molar-refractivity contribution in [2.75, 3.05) is 7.11 Å². The lowest BCUT2D eigenvalue weighted by Gasteiger charge is -2.16. The van der Waals surface area contributed by atoms with Gasteiger partial charge in [-0.15, -0.1) is 0 Å². The molecule has 0 unspecified atom stereocenters. The van der Waals surface area contributed by atoms with Crippen molar-refractivity contribution in [1.29, 1.82) is 0 Å². The molecule has 0 aliphatic heterocycles. The number of carbonyl (C=O) groups excluding carboxylic acids is 2. The first-order chi connectivity index (χ1) is 12.8. The maximum atomic E-state index is 11.7. The van der Waals surface area contributed by atoms with Crippen molar-refractivity contribution in [3.05, 3.63) is 77.9 Å². The van der Waals surface area contributed by atoms with Gasteiger partial charge in [0.15, 0.2) is 12.6 Å². The van der Waals surface area contributed by atoms with Gasteiger partial charge < -0.3 is 4.74 Å². The Morgan fingerprint density at radius 3 is 1.88 bits per heavy atom. The maximum Gasteiger partial charge on any atom is 0.150 e. The van der Waals surface area contributed by atoms with Gasteiger partial charge in [0.25, 0.3) is 0 Å². The van der Waals surface area contributed by atoms with Crippen molar-refractivity contribution < 1.29 is 14.3 Å². The van der Waals surface area contributed by atoms with Crippen LogP contribution >= 0.6 is 0 Å². The third-order valence-electron chi connectivity index (χ3n) is 4.72. The van der Waals surface area contributed by atoms with Gasteiger partial charge in [0.1, 0.15) is 5.75 Å². The molecule has 0 saturated carbocycles. The molecule has 0 radical (unpaired) electrons. The highest BCUT2D eigenvalue weighted by Gasteiger charge is 2.17. The number of benzene rings is 4. The topological polar surface area (TPSA) is 43.4 Å². The summed E-state index contributed by atoms with van der Waals surface area (Å²) in [5.74, 6) is 0.667. The third kappa shape index (κ3) is 2.37. The summed E-state index contributed by atoms with van der Waals surface area (Å²) in [6, 6.07) is 21.0. The van der Waals surface area contributed by atoms with Crippen molar-refractivity contribution in [3.8, 4) is 16.9 Å². The summed E-state index contributed by atoms with van der Waals surface area (Å²) in [4.78, 5) is 23.4. The quantitative estimate of drug-likeness (QED) is 0.474. The summed E-state index contributed by atoms with van der Waals surface area (Å²) in [5, 5.41) is 3.60. The Morgan fingerprint density at radius 1 is 0.692 bits per heavy atom. The molecule has 0 bridgehead atoms. The number of carbonyl (C=O) groups is 2. The molecule has 4 rings (SSSR count). The summed E-state index contributed by atoms with van der Waals surface area (Å²) in [6.45, 7) is 0. The van der Waals surface area contributed by atoms with Gasteiger partial charge in [-0.25, -0.2) is 0 Å². The van der Waals surface area contributed by atoms with Gasteiger partial charge in [-0.3, -0.25) is 9.59 Å². The minimum Gasteiger partial charge on any atom is -0.496 e. The lowest BCUT2D eigenvalue weighted by Crippen LogP contribution is -1.95. The number of ether oxygens (including phenoxy) is 1. The second-order valence-corrected chi connectivity index (χ2v) is 6.07. The molecule has 0 aliphatic carbocycles. The van der Waals surface area contributed by atoms with Crippen molar-refractivity contribution in [2.45, 2.75) is 0 Å². The molecule has 0 spiro atoms. The van der Waals surface area contributed by atoms with Crippen molar-refractivity contribution in [3.63, 3.8) is 0 Å². The van der Waals surface area contributed by atoms with E-state index in [9.17, 15) is 9.59 Å². The van der Waals surface area contributed by atoms with Gasteiger partial charge in [0, 0.05) is 27.5 Å². The average molecular weight is 340 g/mol. The number of aldehydes is 2. The fourth-order valence-corrected chi connectivity index (χ4v) is 3.60. The fourth-order valence-electron chi connectivity index (χ4n) is 3.60. The number of fused-ring (bicyclic) bond motifs is 2. The molecule has 0 aliphatic rings. The van der Waals surface area contributed by atoms with Gasteiger partial charge in [-0.2, -0.15) is 0 Å². The van der Waals surface area contributed by atoms with E-state index < -0.39 is 0 Å². The first-order valence-corrected chi connectivity index (χ1v) is 8.30. The largest absolute Gasteiger partial charge is 0.496 e. The van der Waals surface area contributed by atoms with E-state index in [1.54, 1.807) is 19.2 Å². The molecule has 4 aromatic rings. The van der Waals surface area contributed by atoms with E-state index in [1.807, 2.05) is 54.6 Å². The van der Waals surface area contributed by atoms with Gasteiger partial charge in [-0.05, 0) is 22.4 Å². The Morgan fingerprint density at radius 2 is 1.27 bits per heavy atom. The number of hydrogen-bond acceptors (Lipinski definition) is 3. The van der Waals surface area contributed by atoms with E-state index in [0.717, 1.165) is 45.2 Å². The molecule has 0 N–H and O–H groups in total. The molecule has 0 amide bonds. The van der Waals surface area contributed by atoms with Crippen molar-refractivity contribution in [1.82, 2.24) is 0 Å². The predicted octanol–water partition coefficient (Wildman–Crippen LogP) is 5.29. The Kier molecular flexibility index (Phi) is 3.98. The zero-order valence-electron chi connectivity index (χ0n) is 14.2. The number of rotatable bonds is 4. The lowest BCUT2D eigenvalue weighted by atomic mass is 9.89. The number of hydrogen-bond donors (Lipinski definition) is 0. The highest BCUT2D eigenvalue weighted by atomic mass is 16.5. The van der Waals surface area contributed by atoms with Crippen LogP contribution in [0.4, 0.5) is 0 Å². The molecule has 4 aromatic carbocycles. The normalized spacial score (nSPS) is 10.8. The minimum absolute atomic E-state index is 0.594. The molecule has 0 aromatic heterocycles. The van der Waals surface area contributed by atoms with Crippen LogP contribution in [0.2, 0.25) is 0 Å². The Bertz CT molecular complexity index is 1150. The molecule has 0 atom stereocenters. The summed E-state index contributed by atoms with van der Waals surface area (Å²) < 4.78 is 5.63. The smallest absolute Gasteiger partial charge is 0.150 e. The van der Waals surface area contributed by atoms with Gasteiger partial charge in [0.2, 0.25) is 0 Å². The Hall–Kier alpha value is -3.46. The SMILES string of the molecule is COc1ccc2cccc(C=O)c2c1-c1cccc2cccc(C=O)c12. The molecule has 26 heavy (non-hydrogen) atoms. The van der Waals surface area contributed by atoms with Crippen LogP contribution in [-0.4, -0.2) is 19.7 Å². The highest BCUT2D eigenvalue weighted by Crippen LogP contribution is 2.42. The molecule has 3 heteroatoms. The van der Waals surface area contributed by atoms with E-state index in [4.69, 9.17) is 4.74 Å². The van der Waals surface area contributed by atoms with E-state index >= 15 is 0 Å². The zero-order chi connectivity index (χ0) is 18.1. The van der Waals surface area contributed by atoms with E-state index in [1.165, 1.54) is 0 Å². The molecular weight excluding hydrogens is 324 g/mol. The van der Waals surface area contributed by atoms with Gasteiger partial charge >= 0.3 is 0 Å². The van der Waals surface area contributed by atoms with E-state index in [2.05, 4.69) is 0 Å². The first kappa shape index (κ1) is 16.0. The van der Waals surface area contributed by atoms with Crippen LogP contribution in [-0.2, 0) is 0 Å². The van der Waals surface area contributed by atoms with Crippen LogP contribution in [0.5, 0.6) is 5.75 Å². The Balaban J connectivity index is 2.24.